The number of hydrogen-bond acceptors (Lipinski definition) is 3. The van der Waals surface area contributed by atoms with E-state index >= 15 is 0 Å². The normalized spacial score (nSPS) is 12.1. The summed E-state index contributed by atoms with van der Waals surface area (Å²) in [7, 11) is 0. The molecule has 1 unspecified atom stereocenters. The van der Waals surface area contributed by atoms with Gasteiger partial charge in [-0.15, -0.1) is 0 Å². The van der Waals surface area contributed by atoms with E-state index in [0.29, 0.717) is 0 Å². The SMILES string of the molecule is CC(C(=O)O)C(=O)C(=O)O. The van der Waals surface area contributed by atoms with Gasteiger partial charge in [0, 0.05) is 0 Å². The molecule has 1 atom stereocenters. The summed E-state index contributed by atoms with van der Waals surface area (Å²) in [6.07, 6.45) is 0. The Morgan fingerprint density at radius 3 is 1.70 bits per heavy atom. The first-order valence-corrected chi connectivity index (χ1v) is 2.46. The van der Waals surface area contributed by atoms with Gasteiger partial charge in [0.25, 0.3) is 5.78 Å². The molecule has 0 aromatic heterocycles. The Bertz CT molecular complexity index is 182. The molecule has 0 fully saturated rings. The molecule has 0 aliphatic rings. The summed E-state index contributed by atoms with van der Waals surface area (Å²) in [5.74, 6) is -5.90. The van der Waals surface area contributed by atoms with Crippen LogP contribution in [-0.2, 0) is 14.4 Å². The van der Waals surface area contributed by atoms with Crippen molar-refractivity contribution >= 4 is 17.7 Å². The zero-order valence-corrected chi connectivity index (χ0v) is 5.20. The first-order chi connectivity index (χ1) is 4.46. The van der Waals surface area contributed by atoms with Crippen LogP contribution < -0.4 is 0 Å². The molecule has 0 saturated heterocycles. The van der Waals surface area contributed by atoms with E-state index in [1.807, 2.05) is 0 Å². The van der Waals surface area contributed by atoms with Crippen molar-refractivity contribution in [2.75, 3.05) is 0 Å². The average Bonchev–Trinajstić information content (AvgIpc) is 1.84. The molecule has 0 aromatic rings. The summed E-state index contributed by atoms with van der Waals surface area (Å²) >= 11 is 0. The van der Waals surface area contributed by atoms with E-state index in [-0.39, 0.29) is 0 Å². The van der Waals surface area contributed by atoms with Gasteiger partial charge >= 0.3 is 11.9 Å². The molecule has 5 nitrogen and oxygen atoms in total. The van der Waals surface area contributed by atoms with Crippen LogP contribution >= 0.6 is 0 Å². The van der Waals surface area contributed by atoms with E-state index in [2.05, 4.69) is 0 Å². The number of aliphatic carboxylic acids is 2. The smallest absolute Gasteiger partial charge is 0.373 e. The molecular formula is C5H6O5. The van der Waals surface area contributed by atoms with Crippen molar-refractivity contribution in [2.24, 2.45) is 5.92 Å². The number of ketones is 1. The first kappa shape index (κ1) is 8.61. The molecule has 0 bridgehead atoms. The molecule has 10 heavy (non-hydrogen) atoms. The lowest BCUT2D eigenvalue weighted by atomic mass is 10.1. The zero-order chi connectivity index (χ0) is 8.31. The second kappa shape index (κ2) is 2.95. The van der Waals surface area contributed by atoms with Crippen molar-refractivity contribution in [1.82, 2.24) is 0 Å². The number of rotatable bonds is 3. The Labute approximate surface area is 56.3 Å². The van der Waals surface area contributed by atoms with E-state index in [0.717, 1.165) is 6.92 Å². The Morgan fingerprint density at radius 2 is 1.60 bits per heavy atom. The van der Waals surface area contributed by atoms with Gasteiger partial charge in [0.1, 0.15) is 5.92 Å². The quantitative estimate of drug-likeness (QED) is 0.408. The lowest BCUT2D eigenvalue weighted by Gasteiger charge is -1.97. The van der Waals surface area contributed by atoms with Crippen LogP contribution in [0.4, 0.5) is 0 Å². The summed E-state index contributed by atoms with van der Waals surface area (Å²) in [6.45, 7) is 1.03. The molecule has 0 spiro atoms. The van der Waals surface area contributed by atoms with E-state index in [4.69, 9.17) is 10.2 Å². The third kappa shape index (κ3) is 1.85. The van der Waals surface area contributed by atoms with Gasteiger partial charge in [-0.3, -0.25) is 9.59 Å². The monoisotopic (exact) mass is 146 g/mol. The second-order valence-corrected chi connectivity index (χ2v) is 1.73. The lowest BCUT2D eigenvalue weighted by molar-refractivity contribution is -0.156. The number of Topliss-reactive ketones (excluding diaryl/α,β-unsaturated/α-hetero) is 1. The van der Waals surface area contributed by atoms with Crippen LogP contribution in [-0.4, -0.2) is 27.9 Å². The van der Waals surface area contributed by atoms with Crippen LogP contribution in [0, 0.1) is 5.92 Å². The van der Waals surface area contributed by atoms with E-state index in [1.165, 1.54) is 0 Å². The second-order valence-electron chi connectivity index (χ2n) is 1.73. The number of carboxylic acids is 2. The van der Waals surface area contributed by atoms with Crippen molar-refractivity contribution in [1.29, 1.82) is 0 Å². The van der Waals surface area contributed by atoms with Gasteiger partial charge in [-0.25, -0.2) is 4.79 Å². The highest BCUT2D eigenvalue weighted by Gasteiger charge is 2.26. The number of carboxylic acid groups (broad SMARTS) is 2. The minimum absolute atomic E-state index is 1.03. The van der Waals surface area contributed by atoms with Crippen molar-refractivity contribution in [3.63, 3.8) is 0 Å². The van der Waals surface area contributed by atoms with Gasteiger partial charge in [-0.2, -0.15) is 0 Å². The molecule has 0 heterocycles. The zero-order valence-electron chi connectivity index (χ0n) is 5.20. The van der Waals surface area contributed by atoms with E-state index in [1.54, 1.807) is 0 Å². The Hall–Kier alpha value is -1.39. The predicted octanol–water partition coefficient (Wildman–Crippen LogP) is -0.639. The molecule has 2 N–H and O–H groups in total. The van der Waals surface area contributed by atoms with Crippen LogP contribution in [0.5, 0.6) is 0 Å². The van der Waals surface area contributed by atoms with Crippen LogP contribution in [0.3, 0.4) is 0 Å². The number of carbonyl (C=O) groups is 3. The largest absolute Gasteiger partial charge is 0.481 e. The van der Waals surface area contributed by atoms with Crippen LogP contribution in [0.1, 0.15) is 6.92 Å². The minimum Gasteiger partial charge on any atom is -0.481 e. The third-order valence-corrected chi connectivity index (χ3v) is 0.974. The van der Waals surface area contributed by atoms with Gasteiger partial charge in [-0.1, -0.05) is 0 Å². The highest BCUT2D eigenvalue weighted by atomic mass is 16.4. The van der Waals surface area contributed by atoms with Crippen molar-refractivity contribution in [3.05, 3.63) is 0 Å². The minimum atomic E-state index is -1.71. The molecule has 0 aliphatic heterocycles. The highest BCUT2D eigenvalue weighted by molar-refractivity contribution is 6.36. The molecule has 0 aromatic carbocycles. The summed E-state index contributed by atoms with van der Waals surface area (Å²) in [6, 6.07) is 0. The fraction of sp³-hybridized carbons (Fsp3) is 0.400. The first-order valence-electron chi connectivity index (χ1n) is 2.46. The Kier molecular flexibility index (Phi) is 2.54. The molecule has 0 amide bonds. The molecule has 0 saturated carbocycles. The summed E-state index contributed by atoms with van der Waals surface area (Å²) in [5.41, 5.74) is 0. The van der Waals surface area contributed by atoms with E-state index in [9.17, 15) is 14.4 Å². The maximum atomic E-state index is 10.3. The molecule has 5 heteroatoms. The Balaban J connectivity index is 4.22. The predicted molar refractivity (Wildman–Crippen MR) is 29.4 cm³/mol. The average molecular weight is 146 g/mol. The fourth-order valence-electron chi connectivity index (χ4n) is 0.297. The van der Waals surface area contributed by atoms with Crippen LogP contribution in [0.15, 0.2) is 0 Å². The Morgan fingerprint density at radius 1 is 1.20 bits per heavy atom. The lowest BCUT2D eigenvalue weighted by Crippen LogP contribution is -2.27. The van der Waals surface area contributed by atoms with Gasteiger partial charge in [-0.05, 0) is 6.92 Å². The standard InChI is InChI=1S/C5H6O5/c1-2(4(7)8)3(6)5(9)10/h2H,1H3,(H,7,8)(H,9,10). The molecule has 0 rings (SSSR count). The van der Waals surface area contributed by atoms with Crippen molar-refractivity contribution < 1.29 is 24.6 Å². The molecule has 56 valence electrons. The van der Waals surface area contributed by atoms with Gasteiger partial charge in [0.05, 0.1) is 0 Å². The van der Waals surface area contributed by atoms with E-state index < -0.39 is 23.6 Å². The van der Waals surface area contributed by atoms with Crippen LogP contribution in [0.25, 0.3) is 0 Å². The summed E-state index contributed by atoms with van der Waals surface area (Å²) in [4.78, 5) is 30.1. The van der Waals surface area contributed by atoms with Crippen LogP contribution in [0.2, 0.25) is 0 Å². The highest BCUT2D eigenvalue weighted by Crippen LogP contribution is 1.95. The van der Waals surface area contributed by atoms with Gasteiger partial charge in [0.2, 0.25) is 0 Å². The summed E-state index contributed by atoms with van der Waals surface area (Å²) < 4.78 is 0. The van der Waals surface area contributed by atoms with Gasteiger partial charge < -0.3 is 10.2 Å². The maximum Gasteiger partial charge on any atom is 0.373 e. The number of hydrogen-bond donors (Lipinski definition) is 2. The number of carbonyl (C=O) groups excluding carboxylic acids is 1. The third-order valence-electron chi connectivity index (χ3n) is 0.974. The maximum absolute atomic E-state index is 10.3. The molecule has 0 radical (unpaired) electrons. The van der Waals surface area contributed by atoms with Crippen molar-refractivity contribution in [3.8, 4) is 0 Å². The van der Waals surface area contributed by atoms with Gasteiger partial charge in [0.15, 0.2) is 0 Å². The van der Waals surface area contributed by atoms with Crippen molar-refractivity contribution in [2.45, 2.75) is 6.92 Å². The fourth-order valence-corrected chi connectivity index (χ4v) is 0.297. The summed E-state index contributed by atoms with van der Waals surface area (Å²) in [5, 5.41) is 16.1. The molecule has 0 aliphatic carbocycles. The topological polar surface area (TPSA) is 91.7 Å². The molecular weight excluding hydrogens is 140 g/mol.